The molecular weight excluding hydrogens is 432 g/mol. The van der Waals surface area contributed by atoms with E-state index in [1.165, 1.54) is 5.01 Å². The number of hydrazone groups is 1. The number of amides is 1. The molecule has 3 aromatic rings. The van der Waals surface area contributed by atoms with Gasteiger partial charge in [0.1, 0.15) is 0 Å². The van der Waals surface area contributed by atoms with E-state index in [1.807, 2.05) is 78.9 Å². The predicted octanol–water partition coefficient (Wildman–Crippen LogP) is 5.65. The Morgan fingerprint density at radius 3 is 2.58 bits per heavy atom. The van der Waals surface area contributed by atoms with Gasteiger partial charge in [-0.1, -0.05) is 35.9 Å². The van der Waals surface area contributed by atoms with Crippen LogP contribution in [0.15, 0.2) is 88.4 Å². The number of carbonyl (C=O) groups excluding carboxylic acids is 1. The standard InChI is InChI=1S/C24H17ClN2O3S/c25-17-7-9-19(10-8-17)31-14-21-20(12-16-6-11-22-23(13-16)30-15-29-22)24(28)27(26-21)18-4-2-1-3-5-18/h1-13H,14-15H2. The molecule has 3 aromatic carbocycles. The first-order valence-corrected chi connectivity index (χ1v) is 11.0. The van der Waals surface area contributed by atoms with E-state index in [0.717, 1.165) is 16.1 Å². The molecule has 0 aliphatic carbocycles. The zero-order chi connectivity index (χ0) is 21.2. The summed E-state index contributed by atoms with van der Waals surface area (Å²) in [6.45, 7) is 0.209. The van der Waals surface area contributed by atoms with Crippen molar-refractivity contribution in [3.05, 3.63) is 89.0 Å². The Hall–Kier alpha value is -3.22. The molecule has 31 heavy (non-hydrogen) atoms. The number of hydrogen-bond donors (Lipinski definition) is 0. The highest BCUT2D eigenvalue weighted by Crippen LogP contribution is 2.34. The highest BCUT2D eigenvalue weighted by molar-refractivity contribution is 8.00. The summed E-state index contributed by atoms with van der Waals surface area (Å²) in [4.78, 5) is 14.3. The Labute approximate surface area is 188 Å². The average molecular weight is 449 g/mol. The summed E-state index contributed by atoms with van der Waals surface area (Å²) < 4.78 is 10.9. The summed E-state index contributed by atoms with van der Waals surface area (Å²) in [7, 11) is 0. The van der Waals surface area contributed by atoms with Crippen molar-refractivity contribution in [3.8, 4) is 11.5 Å². The average Bonchev–Trinajstić information content (AvgIpc) is 3.39. The van der Waals surface area contributed by atoms with Crippen LogP contribution in [0, 0.1) is 0 Å². The number of benzene rings is 3. The van der Waals surface area contributed by atoms with Gasteiger partial charge in [0, 0.05) is 15.7 Å². The fraction of sp³-hybridized carbons (Fsp3) is 0.0833. The number of anilines is 1. The molecule has 0 saturated heterocycles. The molecule has 154 valence electrons. The second-order valence-corrected chi connectivity index (χ2v) is 8.40. The van der Waals surface area contributed by atoms with Gasteiger partial charge < -0.3 is 9.47 Å². The Kier molecular flexibility index (Phi) is 5.40. The van der Waals surface area contributed by atoms with E-state index < -0.39 is 0 Å². The molecule has 2 aliphatic heterocycles. The normalized spacial score (nSPS) is 16.2. The molecule has 0 N–H and O–H groups in total. The minimum absolute atomic E-state index is 0.157. The van der Waals surface area contributed by atoms with Crippen LogP contribution >= 0.6 is 23.4 Å². The number of nitrogens with zero attached hydrogens (tertiary/aromatic N) is 2. The van der Waals surface area contributed by atoms with Gasteiger partial charge in [-0.3, -0.25) is 4.79 Å². The van der Waals surface area contributed by atoms with E-state index in [4.69, 9.17) is 21.1 Å². The summed E-state index contributed by atoms with van der Waals surface area (Å²) >= 11 is 7.59. The zero-order valence-electron chi connectivity index (χ0n) is 16.3. The summed E-state index contributed by atoms with van der Waals surface area (Å²) in [5.74, 6) is 1.77. The highest BCUT2D eigenvalue weighted by atomic mass is 35.5. The van der Waals surface area contributed by atoms with Crippen LogP contribution in [0.4, 0.5) is 5.69 Å². The number of thioether (sulfide) groups is 1. The van der Waals surface area contributed by atoms with Gasteiger partial charge in [0.15, 0.2) is 11.5 Å². The number of ether oxygens (including phenoxy) is 2. The van der Waals surface area contributed by atoms with Crippen LogP contribution in [0.2, 0.25) is 5.02 Å². The van der Waals surface area contributed by atoms with Gasteiger partial charge in [-0.2, -0.15) is 10.1 Å². The molecule has 5 rings (SSSR count). The van der Waals surface area contributed by atoms with Crippen molar-refractivity contribution >= 4 is 46.7 Å². The number of hydrogen-bond acceptors (Lipinski definition) is 5. The second kappa shape index (κ2) is 8.49. The smallest absolute Gasteiger partial charge is 0.280 e. The third-order valence-corrected chi connectivity index (χ3v) is 6.13. The van der Waals surface area contributed by atoms with Crippen molar-refractivity contribution in [1.82, 2.24) is 0 Å². The van der Waals surface area contributed by atoms with E-state index in [1.54, 1.807) is 11.8 Å². The molecule has 0 saturated carbocycles. The molecule has 2 aliphatic rings. The minimum atomic E-state index is -0.157. The molecule has 0 spiro atoms. The molecule has 0 bridgehead atoms. The van der Waals surface area contributed by atoms with Crippen molar-refractivity contribution < 1.29 is 14.3 Å². The van der Waals surface area contributed by atoms with E-state index in [2.05, 4.69) is 5.10 Å². The lowest BCUT2D eigenvalue weighted by atomic mass is 10.1. The van der Waals surface area contributed by atoms with Gasteiger partial charge in [0.25, 0.3) is 5.91 Å². The number of fused-ring (bicyclic) bond motifs is 1. The maximum absolute atomic E-state index is 13.3. The predicted molar refractivity (Wildman–Crippen MR) is 124 cm³/mol. The van der Waals surface area contributed by atoms with Crippen LogP contribution in [-0.2, 0) is 4.79 Å². The Bertz CT molecular complexity index is 1190. The van der Waals surface area contributed by atoms with Crippen molar-refractivity contribution in [2.45, 2.75) is 4.90 Å². The maximum Gasteiger partial charge on any atom is 0.280 e. The summed E-state index contributed by atoms with van der Waals surface area (Å²) in [5, 5.41) is 6.80. The first-order chi connectivity index (χ1) is 15.2. The largest absolute Gasteiger partial charge is 0.454 e. The number of para-hydroxylation sites is 1. The van der Waals surface area contributed by atoms with Crippen LogP contribution < -0.4 is 14.5 Å². The van der Waals surface area contributed by atoms with Crippen LogP contribution in [0.3, 0.4) is 0 Å². The van der Waals surface area contributed by atoms with E-state index in [-0.39, 0.29) is 12.7 Å². The van der Waals surface area contributed by atoms with Gasteiger partial charge >= 0.3 is 0 Å². The lowest BCUT2D eigenvalue weighted by Gasteiger charge is -2.11. The van der Waals surface area contributed by atoms with Crippen LogP contribution in [0.5, 0.6) is 11.5 Å². The summed E-state index contributed by atoms with van der Waals surface area (Å²) in [6, 6.07) is 22.7. The molecule has 2 heterocycles. The van der Waals surface area contributed by atoms with Gasteiger partial charge in [-0.25, -0.2) is 0 Å². The first kappa shape index (κ1) is 19.7. The van der Waals surface area contributed by atoms with Crippen molar-refractivity contribution in [1.29, 1.82) is 0 Å². The number of halogens is 1. The SMILES string of the molecule is O=C1C(=Cc2ccc3c(c2)OCO3)C(CSc2ccc(Cl)cc2)=NN1c1ccccc1. The maximum atomic E-state index is 13.3. The lowest BCUT2D eigenvalue weighted by molar-refractivity contribution is -0.114. The highest BCUT2D eigenvalue weighted by Gasteiger charge is 2.31. The quantitative estimate of drug-likeness (QED) is 0.374. The molecule has 0 fully saturated rings. The Balaban J connectivity index is 1.47. The minimum Gasteiger partial charge on any atom is -0.454 e. The molecule has 0 radical (unpaired) electrons. The molecule has 1 amide bonds. The molecule has 7 heteroatoms. The number of rotatable bonds is 5. The van der Waals surface area contributed by atoms with Crippen molar-refractivity contribution in [3.63, 3.8) is 0 Å². The molecular formula is C24H17ClN2O3S. The van der Waals surface area contributed by atoms with Gasteiger partial charge in [-0.15, -0.1) is 11.8 Å². The van der Waals surface area contributed by atoms with Crippen LogP contribution in [0.1, 0.15) is 5.56 Å². The Morgan fingerprint density at radius 2 is 1.77 bits per heavy atom. The molecule has 0 aromatic heterocycles. The van der Waals surface area contributed by atoms with E-state index in [9.17, 15) is 4.79 Å². The molecule has 0 atom stereocenters. The van der Waals surface area contributed by atoms with Crippen LogP contribution in [0.25, 0.3) is 6.08 Å². The van der Waals surface area contributed by atoms with Crippen molar-refractivity contribution in [2.75, 3.05) is 17.6 Å². The van der Waals surface area contributed by atoms with Crippen LogP contribution in [-0.4, -0.2) is 24.2 Å². The molecule has 5 nitrogen and oxygen atoms in total. The first-order valence-electron chi connectivity index (χ1n) is 9.64. The van der Waals surface area contributed by atoms with E-state index >= 15 is 0 Å². The second-order valence-electron chi connectivity index (χ2n) is 6.91. The van der Waals surface area contributed by atoms with Gasteiger partial charge in [-0.05, 0) is 60.2 Å². The van der Waals surface area contributed by atoms with E-state index in [0.29, 0.717) is 33.6 Å². The number of carbonyl (C=O) groups is 1. The third kappa shape index (κ3) is 4.17. The Morgan fingerprint density at radius 1 is 1.00 bits per heavy atom. The fourth-order valence-electron chi connectivity index (χ4n) is 3.31. The van der Waals surface area contributed by atoms with Gasteiger partial charge in [0.2, 0.25) is 6.79 Å². The molecule has 0 unspecified atom stereocenters. The monoisotopic (exact) mass is 448 g/mol. The zero-order valence-corrected chi connectivity index (χ0v) is 17.9. The lowest BCUT2D eigenvalue weighted by Crippen LogP contribution is -2.21. The topological polar surface area (TPSA) is 51.1 Å². The van der Waals surface area contributed by atoms with Crippen molar-refractivity contribution in [2.24, 2.45) is 5.10 Å². The van der Waals surface area contributed by atoms with Gasteiger partial charge in [0.05, 0.1) is 17.0 Å². The third-order valence-electron chi connectivity index (χ3n) is 4.85. The fourth-order valence-corrected chi connectivity index (χ4v) is 4.28. The summed E-state index contributed by atoms with van der Waals surface area (Å²) in [5.41, 5.74) is 2.86. The summed E-state index contributed by atoms with van der Waals surface area (Å²) in [6.07, 6.45) is 1.86.